The molecule has 1 rings (SSSR count). The predicted molar refractivity (Wildman–Crippen MR) is 44.8 cm³/mol. The van der Waals surface area contributed by atoms with Crippen LogP contribution in [0.4, 0.5) is 0 Å². The minimum absolute atomic E-state index is 0.138. The molecular formula is C8H13N3. The molecule has 0 aliphatic heterocycles. The maximum Gasteiger partial charge on any atom is 0.0985 e. The van der Waals surface area contributed by atoms with Gasteiger partial charge in [-0.25, -0.2) is 0 Å². The molecule has 1 unspecified atom stereocenters. The van der Waals surface area contributed by atoms with Gasteiger partial charge in [-0.2, -0.15) is 0 Å². The fraction of sp³-hybridized carbons (Fsp3) is 0.375. The number of nitrogens with zero attached hydrogens (tertiary/aromatic N) is 1. The van der Waals surface area contributed by atoms with Gasteiger partial charge in [0, 0.05) is 6.20 Å². The molecule has 0 bridgehead atoms. The summed E-state index contributed by atoms with van der Waals surface area (Å²) < 4.78 is 0. The lowest BCUT2D eigenvalue weighted by atomic mass is 10.3. The Morgan fingerprint density at radius 3 is 3.00 bits per heavy atom. The second kappa shape index (κ2) is 4.05. The molecule has 3 heteroatoms. The molecule has 11 heavy (non-hydrogen) atoms. The molecule has 1 heterocycles. The summed E-state index contributed by atoms with van der Waals surface area (Å²) in [6.07, 6.45) is 1.60. The van der Waals surface area contributed by atoms with Gasteiger partial charge >= 0.3 is 0 Å². The van der Waals surface area contributed by atoms with Crippen LogP contribution in [0.2, 0.25) is 0 Å². The van der Waals surface area contributed by atoms with Crippen molar-refractivity contribution in [3.63, 3.8) is 0 Å². The van der Waals surface area contributed by atoms with Crippen molar-refractivity contribution in [2.24, 2.45) is 5.73 Å². The van der Waals surface area contributed by atoms with Gasteiger partial charge in [0.2, 0.25) is 0 Å². The summed E-state index contributed by atoms with van der Waals surface area (Å²) in [5.74, 6) is 0. The Labute approximate surface area is 66.6 Å². The highest BCUT2D eigenvalue weighted by Gasteiger charge is 2.02. The van der Waals surface area contributed by atoms with Gasteiger partial charge < -0.3 is 5.73 Å². The molecule has 0 aliphatic rings. The van der Waals surface area contributed by atoms with E-state index in [0.29, 0.717) is 0 Å². The standard InChI is InChI=1S/C8H13N3/c1-2-10-8(9)7-5-3-4-6-11-7/h3-6,8,10H,2,9H2,1H3. The molecule has 0 spiro atoms. The Hall–Kier alpha value is -0.930. The van der Waals surface area contributed by atoms with Gasteiger partial charge in [-0.15, -0.1) is 0 Å². The zero-order valence-electron chi connectivity index (χ0n) is 6.62. The van der Waals surface area contributed by atoms with Crippen molar-refractivity contribution in [2.45, 2.75) is 13.1 Å². The highest BCUT2D eigenvalue weighted by molar-refractivity contribution is 5.06. The molecule has 3 N–H and O–H groups in total. The lowest BCUT2D eigenvalue weighted by Gasteiger charge is -2.10. The van der Waals surface area contributed by atoms with E-state index in [1.807, 2.05) is 25.1 Å². The fourth-order valence-corrected chi connectivity index (χ4v) is 0.884. The molecule has 1 aromatic heterocycles. The maximum absolute atomic E-state index is 5.73. The van der Waals surface area contributed by atoms with E-state index in [1.165, 1.54) is 0 Å². The van der Waals surface area contributed by atoms with Crippen molar-refractivity contribution in [3.8, 4) is 0 Å². The number of nitrogens with one attached hydrogen (secondary N) is 1. The molecule has 0 saturated heterocycles. The molecule has 0 amide bonds. The van der Waals surface area contributed by atoms with Crippen LogP contribution in [0.3, 0.4) is 0 Å². The average molecular weight is 151 g/mol. The predicted octanol–water partition coefficient (Wildman–Crippen LogP) is 0.648. The second-order valence-corrected chi connectivity index (χ2v) is 2.29. The summed E-state index contributed by atoms with van der Waals surface area (Å²) in [6.45, 7) is 2.88. The van der Waals surface area contributed by atoms with Crippen LogP contribution in [0, 0.1) is 0 Å². The van der Waals surface area contributed by atoms with Crippen LogP contribution in [0.5, 0.6) is 0 Å². The van der Waals surface area contributed by atoms with Gasteiger partial charge in [0.1, 0.15) is 0 Å². The summed E-state index contributed by atoms with van der Waals surface area (Å²) in [5.41, 5.74) is 6.62. The Morgan fingerprint density at radius 1 is 1.64 bits per heavy atom. The SMILES string of the molecule is CCNC(N)c1ccccn1. The van der Waals surface area contributed by atoms with E-state index < -0.39 is 0 Å². The van der Waals surface area contributed by atoms with E-state index >= 15 is 0 Å². The van der Waals surface area contributed by atoms with Crippen LogP contribution in [0.15, 0.2) is 24.4 Å². The van der Waals surface area contributed by atoms with E-state index in [4.69, 9.17) is 5.73 Å². The Bertz CT molecular complexity index is 198. The third kappa shape index (κ3) is 2.29. The number of aromatic nitrogens is 1. The van der Waals surface area contributed by atoms with Crippen LogP contribution in [0.1, 0.15) is 18.8 Å². The molecule has 0 radical (unpaired) electrons. The Morgan fingerprint density at radius 2 is 2.45 bits per heavy atom. The van der Waals surface area contributed by atoms with Crippen LogP contribution in [-0.4, -0.2) is 11.5 Å². The van der Waals surface area contributed by atoms with Crippen molar-refractivity contribution in [2.75, 3.05) is 6.54 Å². The molecular weight excluding hydrogens is 138 g/mol. The summed E-state index contributed by atoms with van der Waals surface area (Å²) in [6, 6.07) is 5.72. The van der Waals surface area contributed by atoms with E-state index in [-0.39, 0.29) is 6.17 Å². The summed E-state index contributed by atoms with van der Waals surface area (Å²) in [5, 5.41) is 3.08. The van der Waals surface area contributed by atoms with Crippen molar-refractivity contribution >= 4 is 0 Å². The Kier molecular flexibility index (Phi) is 3.01. The van der Waals surface area contributed by atoms with E-state index in [1.54, 1.807) is 6.20 Å². The first-order valence-electron chi connectivity index (χ1n) is 3.74. The second-order valence-electron chi connectivity index (χ2n) is 2.29. The van der Waals surface area contributed by atoms with Crippen molar-refractivity contribution < 1.29 is 0 Å². The molecule has 1 aromatic rings. The van der Waals surface area contributed by atoms with Crippen LogP contribution in [0.25, 0.3) is 0 Å². The first-order chi connectivity index (χ1) is 5.34. The van der Waals surface area contributed by atoms with E-state index in [0.717, 1.165) is 12.2 Å². The number of hydrogen-bond acceptors (Lipinski definition) is 3. The Balaban J connectivity index is 2.61. The normalized spacial score (nSPS) is 12.9. The van der Waals surface area contributed by atoms with Crippen molar-refractivity contribution in [1.29, 1.82) is 0 Å². The molecule has 0 fully saturated rings. The smallest absolute Gasteiger partial charge is 0.0985 e. The van der Waals surface area contributed by atoms with Crippen LogP contribution in [-0.2, 0) is 0 Å². The summed E-state index contributed by atoms with van der Waals surface area (Å²) in [4.78, 5) is 4.11. The third-order valence-electron chi connectivity index (χ3n) is 1.43. The number of nitrogens with two attached hydrogens (primary N) is 1. The first-order valence-corrected chi connectivity index (χ1v) is 3.74. The molecule has 60 valence electrons. The van der Waals surface area contributed by atoms with Crippen molar-refractivity contribution in [3.05, 3.63) is 30.1 Å². The van der Waals surface area contributed by atoms with Gasteiger partial charge in [-0.1, -0.05) is 13.0 Å². The monoisotopic (exact) mass is 151 g/mol. The number of pyridine rings is 1. The number of hydrogen-bond donors (Lipinski definition) is 2. The van der Waals surface area contributed by atoms with Gasteiger partial charge in [-0.3, -0.25) is 10.3 Å². The largest absolute Gasteiger partial charge is 0.311 e. The lowest BCUT2D eigenvalue weighted by Crippen LogP contribution is -2.28. The average Bonchev–Trinajstić information content (AvgIpc) is 2.07. The van der Waals surface area contributed by atoms with Crippen LogP contribution >= 0.6 is 0 Å². The topological polar surface area (TPSA) is 50.9 Å². The third-order valence-corrected chi connectivity index (χ3v) is 1.43. The van der Waals surface area contributed by atoms with Crippen LogP contribution < -0.4 is 11.1 Å². The zero-order chi connectivity index (χ0) is 8.10. The van der Waals surface area contributed by atoms with Gasteiger partial charge in [-0.05, 0) is 18.7 Å². The molecule has 3 nitrogen and oxygen atoms in total. The van der Waals surface area contributed by atoms with Crippen molar-refractivity contribution in [1.82, 2.24) is 10.3 Å². The maximum atomic E-state index is 5.73. The summed E-state index contributed by atoms with van der Waals surface area (Å²) >= 11 is 0. The van der Waals surface area contributed by atoms with E-state index in [9.17, 15) is 0 Å². The lowest BCUT2D eigenvalue weighted by molar-refractivity contribution is 0.559. The van der Waals surface area contributed by atoms with E-state index in [2.05, 4.69) is 10.3 Å². The molecule has 1 atom stereocenters. The highest BCUT2D eigenvalue weighted by Crippen LogP contribution is 2.00. The summed E-state index contributed by atoms with van der Waals surface area (Å²) in [7, 11) is 0. The molecule has 0 saturated carbocycles. The molecule has 0 aliphatic carbocycles. The first kappa shape index (κ1) is 8.17. The molecule has 0 aromatic carbocycles. The number of rotatable bonds is 3. The fourth-order valence-electron chi connectivity index (χ4n) is 0.884. The highest BCUT2D eigenvalue weighted by atomic mass is 15.0. The zero-order valence-corrected chi connectivity index (χ0v) is 6.62. The van der Waals surface area contributed by atoms with Gasteiger partial charge in [0.05, 0.1) is 11.9 Å². The van der Waals surface area contributed by atoms with Gasteiger partial charge in [0.15, 0.2) is 0 Å². The quantitative estimate of drug-likeness (QED) is 0.623. The minimum Gasteiger partial charge on any atom is -0.311 e. The van der Waals surface area contributed by atoms with Gasteiger partial charge in [0.25, 0.3) is 0 Å². The minimum atomic E-state index is -0.138.